The Hall–Kier alpha value is -3.49. The molecule has 9 heteroatoms. The third-order valence-electron chi connectivity index (χ3n) is 2.94. The number of aromatic nitrogens is 3. The van der Waals surface area contributed by atoms with E-state index in [-0.39, 0.29) is 17.3 Å². The largest absolute Gasteiger partial charge is 0.465 e. The molecular formula is C15H10F2N4O3. The summed E-state index contributed by atoms with van der Waals surface area (Å²) in [5, 5.41) is 14.6. The molecule has 2 aromatic heterocycles. The lowest BCUT2D eigenvalue weighted by molar-refractivity contribution is 0.209. The lowest BCUT2D eigenvalue weighted by Crippen LogP contribution is -2.08. The van der Waals surface area contributed by atoms with Gasteiger partial charge in [0.15, 0.2) is 5.82 Å². The summed E-state index contributed by atoms with van der Waals surface area (Å²) in [7, 11) is 0. The van der Waals surface area contributed by atoms with Gasteiger partial charge >= 0.3 is 6.09 Å². The van der Waals surface area contributed by atoms with Gasteiger partial charge in [-0.3, -0.25) is 5.32 Å². The number of halogens is 2. The van der Waals surface area contributed by atoms with Gasteiger partial charge in [0.25, 0.3) is 0 Å². The van der Waals surface area contributed by atoms with E-state index in [1.807, 2.05) is 5.32 Å². The van der Waals surface area contributed by atoms with E-state index in [0.29, 0.717) is 5.69 Å². The molecule has 0 unspecified atom stereocenters. The average Bonchev–Trinajstić information content (AvgIpc) is 2.98. The Kier molecular flexibility index (Phi) is 4.06. The number of carboxylic acid groups (broad SMARTS) is 1. The lowest BCUT2D eigenvalue weighted by atomic mass is 10.3. The van der Waals surface area contributed by atoms with Crippen LogP contribution in [0.1, 0.15) is 0 Å². The number of benzene rings is 1. The second-order valence-corrected chi connectivity index (χ2v) is 4.61. The van der Waals surface area contributed by atoms with Gasteiger partial charge in [0.2, 0.25) is 11.8 Å². The Labute approximate surface area is 134 Å². The smallest absolute Gasteiger partial charge is 0.409 e. The van der Waals surface area contributed by atoms with Gasteiger partial charge < -0.3 is 9.84 Å². The highest BCUT2D eigenvalue weighted by atomic mass is 19.1. The summed E-state index contributed by atoms with van der Waals surface area (Å²) in [6, 6.07) is 7.91. The van der Waals surface area contributed by atoms with E-state index in [2.05, 4.69) is 10.1 Å². The molecule has 1 aromatic carbocycles. The van der Waals surface area contributed by atoms with Crippen molar-refractivity contribution in [2.24, 2.45) is 0 Å². The minimum atomic E-state index is -1.37. The second-order valence-electron chi connectivity index (χ2n) is 4.61. The van der Waals surface area contributed by atoms with Crippen molar-refractivity contribution < 1.29 is 23.4 Å². The summed E-state index contributed by atoms with van der Waals surface area (Å²) >= 11 is 0. The third kappa shape index (κ3) is 3.46. The van der Waals surface area contributed by atoms with Crippen LogP contribution in [-0.2, 0) is 0 Å². The van der Waals surface area contributed by atoms with Gasteiger partial charge in [-0.2, -0.15) is 4.39 Å². The van der Waals surface area contributed by atoms with Crippen LogP contribution in [0.4, 0.5) is 19.3 Å². The predicted molar refractivity (Wildman–Crippen MR) is 79.4 cm³/mol. The molecular weight excluding hydrogens is 322 g/mol. The van der Waals surface area contributed by atoms with Crippen LogP contribution in [0.2, 0.25) is 0 Å². The van der Waals surface area contributed by atoms with Gasteiger partial charge in [-0.05, 0) is 18.2 Å². The maximum absolute atomic E-state index is 13.7. The third-order valence-corrected chi connectivity index (χ3v) is 2.94. The lowest BCUT2D eigenvalue weighted by Gasteiger charge is -2.06. The zero-order chi connectivity index (χ0) is 17.1. The molecule has 122 valence electrons. The maximum atomic E-state index is 13.7. The van der Waals surface area contributed by atoms with E-state index in [1.54, 1.807) is 12.3 Å². The number of hydrogen-bond donors (Lipinski definition) is 2. The normalized spacial score (nSPS) is 10.4. The van der Waals surface area contributed by atoms with Gasteiger partial charge in [0, 0.05) is 30.6 Å². The Morgan fingerprint density at radius 1 is 1.21 bits per heavy atom. The fourth-order valence-electron chi connectivity index (χ4n) is 1.94. The first-order valence-corrected chi connectivity index (χ1v) is 6.66. The summed E-state index contributed by atoms with van der Waals surface area (Å²) in [6.07, 6.45) is 1.47. The van der Waals surface area contributed by atoms with Crippen LogP contribution in [0.15, 0.2) is 48.8 Å². The summed E-state index contributed by atoms with van der Waals surface area (Å²) in [5.74, 6) is -1.14. The number of rotatable bonds is 4. The first kappa shape index (κ1) is 15.4. The molecule has 0 atom stereocenters. The van der Waals surface area contributed by atoms with Crippen LogP contribution in [0, 0.1) is 11.8 Å². The Bertz CT molecular complexity index is 898. The van der Waals surface area contributed by atoms with Crippen LogP contribution in [-0.4, -0.2) is 26.0 Å². The van der Waals surface area contributed by atoms with Gasteiger partial charge in [0.05, 0.1) is 11.4 Å². The van der Waals surface area contributed by atoms with Crippen molar-refractivity contribution in [3.63, 3.8) is 0 Å². The number of anilines is 1. The summed E-state index contributed by atoms with van der Waals surface area (Å²) in [5.41, 5.74) is 0.261. The quantitative estimate of drug-likeness (QED) is 0.715. The molecule has 3 aromatic rings. The molecule has 2 heterocycles. The number of hydrogen-bond acceptors (Lipinski definition) is 4. The minimum Gasteiger partial charge on any atom is -0.465 e. The van der Waals surface area contributed by atoms with Crippen LogP contribution < -0.4 is 10.1 Å². The first-order chi connectivity index (χ1) is 11.5. The predicted octanol–water partition coefficient (Wildman–Crippen LogP) is 3.43. The molecule has 24 heavy (non-hydrogen) atoms. The molecule has 0 saturated carbocycles. The number of ether oxygens (including phenoxy) is 1. The van der Waals surface area contributed by atoms with E-state index in [4.69, 9.17) is 9.84 Å². The second kappa shape index (κ2) is 6.32. The molecule has 0 spiro atoms. The van der Waals surface area contributed by atoms with E-state index in [1.165, 1.54) is 35.1 Å². The van der Waals surface area contributed by atoms with Crippen LogP contribution in [0.25, 0.3) is 5.69 Å². The van der Waals surface area contributed by atoms with E-state index < -0.39 is 17.9 Å². The zero-order valence-corrected chi connectivity index (χ0v) is 12.0. The van der Waals surface area contributed by atoms with E-state index in [0.717, 1.165) is 6.07 Å². The highest BCUT2D eigenvalue weighted by Gasteiger charge is 2.09. The monoisotopic (exact) mass is 332 g/mol. The molecule has 0 bridgehead atoms. The highest BCUT2D eigenvalue weighted by molar-refractivity contribution is 5.83. The number of amides is 1. The van der Waals surface area contributed by atoms with Crippen molar-refractivity contribution >= 4 is 11.8 Å². The van der Waals surface area contributed by atoms with E-state index >= 15 is 0 Å². The van der Waals surface area contributed by atoms with Gasteiger partial charge in [-0.1, -0.05) is 0 Å². The van der Waals surface area contributed by atoms with Gasteiger partial charge in [-0.25, -0.2) is 18.9 Å². The number of pyridine rings is 1. The summed E-state index contributed by atoms with van der Waals surface area (Å²) in [4.78, 5) is 14.0. The Morgan fingerprint density at radius 3 is 2.75 bits per heavy atom. The molecule has 0 aliphatic heterocycles. The highest BCUT2D eigenvalue weighted by Crippen LogP contribution is 2.25. The van der Waals surface area contributed by atoms with Crippen molar-refractivity contribution in [3.8, 4) is 17.3 Å². The SMILES string of the molecule is O=C(O)Nc1ccc(Oc2ccn(-c3ccnc(F)c3)n2)cc1F. The minimum absolute atomic E-state index is 0.134. The molecule has 1 amide bonds. The number of nitrogens with one attached hydrogen (secondary N) is 1. The molecule has 3 rings (SSSR count). The van der Waals surface area contributed by atoms with Crippen molar-refractivity contribution in [3.05, 3.63) is 60.6 Å². The standard InChI is InChI=1S/C15H10F2N4O3/c16-11-8-10(1-2-12(11)19-15(22)23)24-14-4-6-21(20-14)9-3-5-18-13(17)7-9/h1-8,19H,(H,22,23). The molecule has 0 aliphatic rings. The zero-order valence-electron chi connectivity index (χ0n) is 12.0. The molecule has 0 aliphatic carbocycles. The van der Waals surface area contributed by atoms with E-state index in [9.17, 15) is 13.6 Å². The number of carbonyl (C=O) groups is 1. The van der Waals surface area contributed by atoms with Crippen LogP contribution >= 0.6 is 0 Å². The fraction of sp³-hybridized carbons (Fsp3) is 0. The van der Waals surface area contributed by atoms with Crippen molar-refractivity contribution in [2.75, 3.05) is 5.32 Å². The fourth-order valence-corrected chi connectivity index (χ4v) is 1.94. The van der Waals surface area contributed by atoms with Crippen molar-refractivity contribution in [1.82, 2.24) is 14.8 Å². The van der Waals surface area contributed by atoms with Crippen LogP contribution in [0.5, 0.6) is 11.6 Å². The number of nitrogens with zero attached hydrogens (tertiary/aromatic N) is 3. The molecule has 0 saturated heterocycles. The molecule has 0 radical (unpaired) electrons. The molecule has 7 nitrogen and oxygen atoms in total. The maximum Gasteiger partial charge on any atom is 0.409 e. The molecule has 0 fully saturated rings. The summed E-state index contributed by atoms with van der Waals surface area (Å²) < 4.78 is 33.6. The van der Waals surface area contributed by atoms with Gasteiger partial charge in [-0.15, -0.1) is 5.10 Å². The topological polar surface area (TPSA) is 89.3 Å². The van der Waals surface area contributed by atoms with Gasteiger partial charge in [0.1, 0.15) is 5.75 Å². The summed E-state index contributed by atoms with van der Waals surface area (Å²) in [6.45, 7) is 0. The van der Waals surface area contributed by atoms with Crippen molar-refractivity contribution in [1.29, 1.82) is 0 Å². The first-order valence-electron chi connectivity index (χ1n) is 6.66. The Morgan fingerprint density at radius 2 is 2.04 bits per heavy atom. The van der Waals surface area contributed by atoms with Crippen molar-refractivity contribution in [2.45, 2.75) is 0 Å². The Balaban J connectivity index is 1.77. The molecule has 2 N–H and O–H groups in total. The average molecular weight is 332 g/mol. The van der Waals surface area contributed by atoms with Crippen LogP contribution in [0.3, 0.4) is 0 Å².